The second kappa shape index (κ2) is 2.56. The Kier molecular flexibility index (Phi) is 1.76. The smallest absolute Gasteiger partial charge is 0.191 e. The minimum Gasteiger partial charge on any atom is -0.494 e. The lowest BCUT2D eigenvalue weighted by molar-refractivity contribution is -0.108. The fraction of sp³-hybridized carbons (Fsp3) is 0.286. The van der Waals surface area contributed by atoms with Gasteiger partial charge in [-0.25, -0.2) is 0 Å². The molecule has 0 aliphatic rings. The summed E-state index contributed by atoms with van der Waals surface area (Å²) in [6.07, 6.45) is 2.48. The Bertz CT molecular complexity index is 240. The first-order chi connectivity index (χ1) is 4.74. The van der Waals surface area contributed by atoms with E-state index in [0.717, 1.165) is 11.8 Å². The fourth-order valence-corrected chi connectivity index (χ4v) is 0.862. The Balaban J connectivity index is 2.91. The van der Waals surface area contributed by atoms with Crippen molar-refractivity contribution in [3.05, 3.63) is 17.8 Å². The summed E-state index contributed by atoms with van der Waals surface area (Å²) >= 11 is 0. The number of aromatic hydroxyl groups is 1. The van der Waals surface area contributed by atoms with Gasteiger partial charge in [0, 0.05) is 12.3 Å². The number of carbonyl (C=O) groups excluding carboxylic acids is 1. The largest absolute Gasteiger partial charge is 0.494 e. The van der Waals surface area contributed by atoms with Crippen molar-refractivity contribution >= 4 is 6.29 Å². The van der Waals surface area contributed by atoms with Crippen LogP contribution in [0.15, 0.2) is 12.3 Å². The van der Waals surface area contributed by atoms with Crippen LogP contribution in [0.5, 0.6) is 5.88 Å². The Morgan fingerprint density at radius 3 is 2.90 bits per heavy atom. The van der Waals surface area contributed by atoms with Crippen LogP contribution in [0.2, 0.25) is 0 Å². The molecule has 0 spiro atoms. The highest BCUT2D eigenvalue weighted by atomic mass is 16.3. The van der Waals surface area contributed by atoms with Crippen LogP contribution < -0.4 is 0 Å². The van der Waals surface area contributed by atoms with Gasteiger partial charge in [0.1, 0.15) is 6.29 Å². The van der Waals surface area contributed by atoms with Gasteiger partial charge in [0.05, 0.1) is 6.54 Å². The normalized spacial score (nSPS) is 9.70. The van der Waals surface area contributed by atoms with E-state index in [9.17, 15) is 4.79 Å². The van der Waals surface area contributed by atoms with Crippen LogP contribution in [0, 0.1) is 6.92 Å². The van der Waals surface area contributed by atoms with Crippen LogP contribution in [0.1, 0.15) is 5.56 Å². The molecule has 1 aromatic heterocycles. The molecule has 1 aromatic rings. The number of hydrogen-bond acceptors (Lipinski definition) is 2. The van der Waals surface area contributed by atoms with Crippen molar-refractivity contribution < 1.29 is 9.90 Å². The van der Waals surface area contributed by atoms with Crippen molar-refractivity contribution in [2.24, 2.45) is 0 Å². The van der Waals surface area contributed by atoms with Crippen molar-refractivity contribution in [2.75, 3.05) is 0 Å². The van der Waals surface area contributed by atoms with E-state index in [0.29, 0.717) is 0 Å². The number of rotatable bonds is 2. The molecule has 0 fully saturated rings. The molecule has 0 aliphatic heterocycles. The Hall–Kier alpha value is -1.25. The predicted octanol–water partition coefficient (Wildman–Crippen LogP) is 0.701. The van der Waals surface area contributed by atoms with Crippen molar-refractivity contribution in [1.29, 1.82) is 0 Å². The number of nitrogens with zero attached hydrogens (tertiary/aromatic N) is 1. The molecule has 0 bridgehead atoms. The van der Waals surface area contributed by atoms with Gasteiger partial charge in [-0.1, -0.05) is 0 Å². The van der Waals surface area contributed by atoms with Crippen molar-refractivity contribution in [3.8, 4) is 5.88 Å². The molecule has 3 heteroatoms. The molecule has 0 radical (unpaired) electrons. The first-order valence-corrected chi connectivity index (χ1v) is 3.03. The molecule has 0 saturated heterocycles. The highest BCUT2D eigenvalue weighted by Crippen LogP contribution is 2.12. The van der Waals surface area contributed by atoms with E-state index >= 15 is 0 Å². The maximum atomic E-state index is 10.0. The average molecular weight is 139 g/mol. The highest BCUT2D eigenvalue weighted by molar-refractivity contribution is 5.50. The molecule has 0 unspecified atom stereocenters. The monoisotopic (exact) mass is 139 g/mol. The topological polar surface area (TPSA) is 42.2 Å². The zero-order valence-electron chi connectivity index (χ0n) is 5.74. The van der Waals surface area contributed by atoms with Crippen molar-refractivity contribution in [1.82, 2.24) is 4.57 Å². The standard InChI is InChI=1S/C7H9NO2/c1-6-4-7(10)8(5-6)2-3-9/h3-5,10H,2H2,1H3. The van der Waals surface area contributed by atoms with Crippen LogP contribution in [0.4, 0.5) is 0 Å². The van der Waals surface area contributed by atoms with Gasteiger partial charge in [0.25, 0.3) is 0 Å². The molecule has 0 aromatic carbocycles. The zero-order valence-corrected chi connectivity index (χ0v) is 5.74. The van der Waals surface area contributed by atoms with Gasteiger partial charge in [0.15, 0.2) is 5.88 Å². The number of aryl methyl sites for hydroxylation is 1. The molecule has 0 saturated carbocycles. The summed E-state index contributed by atoms with van der Waals surface area (Å²) in [5.41, 5.74) is 0.958. The molecular weight excluding hydrogens is 130 g/mol. The van der Waals surface area contributed by atoms with Crippen LogP contribution in [-0.4, -0.2) is 16.0 Å². The molecule has 0 amide bonds. The highest BCUT2D eigenvalue weighted by Gasteiger charge is 1.98. The maximum absolute atomic E-state index is 10.0. The quantitative estimate of drug-likeness (QED) is 0.613. The summed E-state index contributed by atoms with van der Waals surface area (Å²) in [5.74, 6) is 0.143. The summed E-state index contributed by atoms with van der Waals surface area (Å²) in [5, 5.41) is 9.07. The number of aldehydes is 1. The summed E-state index contributed by atoms with van der Waals surface area (Å²) in [4.78, 5) is 10.0. The number of hydrogen-bond donors (Lipinski definition) is 1. The Labute approximate surface area is 58.9 Å². The summed E-state index contributed by atoms with van der Waals surface area (Å²) < 4.78 is 1.49. The van der Waals surface area contributed by atoms with E-state index < -0.39 is 0 Å². The van der Waals surface area contributed by atoms with Gasteiger partial charge in [-0.05, 0) is 12.5 Å². The lowest BCUT2D eigenvalue weighted by Gasteiger charge is -1.95. The van der Waals surface area contributed by atoms with E-state index in [1.807, 2.05) is 6.92 Å². The fourth-order valence-electron chi connectivity index (χ4n) is 0.862. The molecule has 1 N–H and O–H groups in total. The zero-order chi connectivity index (χ0) is 7.56. The van der Waals surface area contributed by atoms with Gasteiger partial charge in [-0.3, -0.25) is 0 Å². The third-order valence-electron chi connectivity index (χ3n) is 1.28. The second-order valence-electron chi connectivity index (χ2n) is 2.19. The van der Waals surface area contributed by atoms with E-state index in [1.165, 1.54) is 4.57 Å². The van der Waals surface area contributed by atoms with E-state index in [-0.39, 0.29) is 12.4 Å². The molecule has 1 heterocycles. The SMILES string of the molecule is Cc1cc(O)n(CC=O)c1. The number of aromatic nitrogens is 1. The molecule has 54 valence electrons. The van der Waals surface area contributed by atoms with Crippen LogP contribution >= 0.6 is 0 Å². The summed E-state index contributed by atoms with van der Waals surface area (Å²) in [7, 11) is 0. The van der Waals surface area contributed by atoms with Crippen LogP contribution in [0.25, 0.3) is 0 Å². The van der Waals surface area contributed by atoms with Crippen molar-refractivity contribution in [3.63, 3.8) is 0 Å². The first kappa shape index (κ1) is 6.86. The first-order valence-electron chi connectivity index (χ1n) is 3.03. The molecular formula is C7H9NO2. The summed E-state index contributed by atoms with van der Waals surface area (Å²) in [6, 6.07) is 1.61. The molecule has 3 nitrogen and oxygen atoms in total. The van der Waals surface area contributed by atoms with E-state index in [2.05, 4.69) is 0 Å². The maximum Gasteiger partial charge on any atom is 0.191 e. The van der Waals surface area contributed by atoms with Gasteiger partial charge in [-0.2, -0.15) is 0 Å². The minimum absolute atomic E-state index is 0.143. The average Bonchev–Trinajstić information content (AvgIpc) is 2.13. The third-order valence-corrected chi connectivity index (χ3v) is 1.28. The van der Waals surface area contributed by atoms with Gasteiger partial charge >= 0.3 is 0 Å². The van der Waals surface area contributed by atoms with Gasteiger partial charge in [0.2, 0.25) is 0 Å². The lowest BCUT2D eigenvalue weighted by Crippen LogP contribution is -1.94. The van der Waals surface area contributed by atoms with Crippen LogP contribution in [0.3, 0.4) is 0 Å². The minimum atomic E-state index is 0.143. The second-order valence-corrected chi connectivity index (χ2v) is 2.19. The molecule has 0 atom stereocenters. The van der Waals surface area contributed by atoms with Gasteiger partial charge < -0.3 is 14.5 Å². The Morgan fingerprint density at radius 1 is 1.80 bits per heavy atom. The molecule has 10 heavy (non-hydrogen) atoms. The Morgan fingerprint density at radius 2 is 2.50 bits per heavy atom. The molecule has 1 rings (SSSR count). The predicted molar refractivity (Wildman–Crippen MR) is 36.9 cm³/mol. The van der Waals surface area contributed by atoms with Crippen molar-refractivity contribution in [2.45, 2.75) is 13.5 Å². The number of carbonyl (C=O) groups is 1. The molecule has 0 aliphatic carbocycles. The third kappa shape index (κ3) is 1.18. The lowest BCUT2D eigenvalue weighted by atomic mass is 10.4. The van der Waals surface area contributed by atoms with Crippen LogP contribution in [-0.2, 0) is 11.3 Å². The summed E-state index contributed by atoms with van der Waals surface area (Å²) in [6.45, 7) is 2.08. The van der Waals surface area contributed by atoms with E-state index in [4.69, 9.17) is 5.11 Å². The van der Waals surface area contributed by atoms with Gasteiger partial charge in [-0.15, -0.1) is 0 Å². The van der Waals surface area contributed by atoms with E-state index in [1.54, 1.807) is 12.3 Å².